The molecule has 0 aromatic heterocycles. The lowest BCUT2D eigenvalue weighted by Crippen LogP contribution is -2.42. The second kappa shape index (κ2) is 4.61. The summed E-state index contributed by atoms with van der Waals surface area (Å²) in [6.45, 7) is 3.27. The highest BCUT2D eigenvalue weighted by Gasteiger charge is 2.25. The van der Waals surface area contributed by atoms with Gasteiger partial charge in [0.2, 0.25) is 5.91 Å². The van der Waals surface area contributed by atoms with Gasteiger partial charge in [0.05, 0.1) is 6.54 Å². The smallest absolute Gasteiger partial charge is 0.248 e. The van der Waals surface area contributed by atoms with Gasteiger partial charge in [-0.2, -0.15) is 0 Å². The van der Waals surface area contributed by atoms with Gasteiger partial charge in [0.25, 0.3) is 0 Å². The van der Waals surface area contributed by atoms with Crippen molar-refractivity contribution in [2.24, 2.45) is 0 Å². The van der Waals surface area contributed by atoms with Crippen LogP contribution in [0, 0.1) is 5.82 Å². The van der Waals surface area contributed by atoms with Gasteiger partial charge in [0, 0.05) is 6.54 Å². The van der Waals surface area contributed by atoms with E-state index in [0.717, 1.165) is 5.56 Å². The molecule has 86 valence electrons. The van der Waals surface area contributed by atoms with Crippen molar-refractivity contribution in [3.8, 4) is 0 Å². The predicted molar refractivity (Wildman–Crippen MR) is 57.3 cm³/mol. The van der Waals surface area contributed by atoms with Crippen molar-refractivity contribution in [1.29, 1.82) is 0 Å². The van der Waals surface area contributed by atoms with Gasteiger partial charge in [-0.1, -0.05) is 12.1 Å². The number of ether oxygens (including phenoxy) is 1. The maximum Gasteiger partial charge on any atom is 0.248 e. The molecule has 1 aromatic rings. The number of hydrogen-bond donors (Lipinski definition) is 0. The highest BCUT2D eigenvalue weighted by Crippen LogP contribution is 2.22. The third kappa shape index (κ3) is 2.22. The topological polar surface area (TPSA) is 29.5 Å². The van der Waals surface area contributed by atoms with Crippen molar-refractivity contribution < 1.29 is 13.9 Å². The number of hydrogen-bond acceptors (Lipinski definition) is 2. The average Bonchev–Trinajstić information content (AvgIpc) is 2.31. The molecule has 0 spiro atoms. The summed E-state index contributed by atoms with van der Waals surface area (Å²) in [5.41, 5.74) is 0.910. The van der Waals surface area contributed by atoms with Gasteiger partial charge in [-0.05, 0) is 24.6 Å². The first kappa shape index (κ1) is 11.1. The van der Waals surface area contributed by atoms with E-state index in [-0.39, 0.29) is 24.4 Å². The van der Waals surface area contributed by atoms with Crippen LogP contribution in [-0.4, -0.2) is 30.5 Å². The molecule has 16 heavy (non-hydrogen) atoms. The molecule has 1 heterocycles. The summed E-state index contributed by atoms with van der Waals surface area (Å²) in [6, 6.07) is 6.21. The number of morpholine rings is 1. The van der Waals surface area contributed by atoms with Crippen LogP contribution in [0.1, 0.15) is 18.6 Å². The number of carbonyl (C=O) groups is 1. The van der Waals surface area contributed by atoms with E-state index in [2.05, 4.69) is 0 Å². The van der Waals surface area contributed by atoms with Crippen LogP contribution in [-0.2, 0) is 9.53 Å². The van der Waals surface area contributed by atoms with Crippen LogP contribution in [0.5, 0.6) is 0 Å². The lowest BCUT2D eigenvalue weighted by molar-refractivity contribution is -0.148. The third-order valence-electron chi connectivity index (χ3n) is 2.77. The summed E-state index contributed by atoms with van der Waals surface area (Å²) in [5, 5.41) is 0. The average molecular weight is 223 g/mol. The van der Waals surface area contributed by atoms with E-state index in [4.69, 9.17) is 4.74 Å². The molecule has 1 aromatic carbocycles. The molecule has 2 rings (SSSR count). The van der Waals surface area contributed by atoms with E-state index >= 15 is 0 Å². The number of nitrogens with zero attached hydrogens (tertiary/aromatic N) is 1. The largest absolute Gasteiger partial charge is 0.362 e. The minimum absolute atomic E-state index is 0.0147. The standard InChI is InChI=1S/C12H14FNO2/c1-2-14-7-11(16-8-12(14)15)9-3-5-10(13)6-4-9/h3-6,11H,2,7-8H2,1H3/t11-/m1/s1. The molecule has 1 fully saturated rings. The zero-order valence-electron chi connectivity index (χ0n) is 9.15. The van der Waals surface area contributed by atoms with E-state index in [1.54, 1.807) is 17.0 Å². The fourth-order valence-corrected chi connectivity index (χ4v) is 1.80. The molecule has 1 aliphatic heterocycles. The van der Waals surface area contributed by atoms with Crippen LogP contribution in [0.3, 0.4) is 0 Å². The first-order valence-corrected chi connectivity index (χ1v) is 5.35. The second-order valence-corrected chi connectivity index (χ2v) is 3.78. The van der Waals surface area contributed by atoms with Crippen molar-refractivity contribution in [3.05, 3.63) is 35.6 Å². The first-order chi connectivity index (χ1) is 7.70. The van der Waals surface area contributed by atoms with Crippen LogP contribution >= 0.6 is 0 Å². The monoisotopic (exact) mass is 223 g/mol. The maximum atomic E-state index is 12.8. The molecule has 1 saturated heterocycles. The minimum Gasteiger partial charge on any atom is -0.362 e. The first-order valence-electron chi connectivity index (χ1n) is 5.35. The molecule has 0 aliphatic carbocycles. The number of benzene rings is 1. The molecule has 0 unspecified atom stereocenters. The molecule has 1 atom stereocenters. The summed E-state index contributed by atoms with van der Waals surface area (Å²) >= 11 is 0. The van der Waals surface area contributed by atoms with Gasteiger partial charge in [-0.25, -0.2) is 4.39 Å². The minimum atomic E-state index is -0.261. The Bertz CT molecular complexity index is 377. The van der Waals surface area contributed by atoms with Crippen molar-refractivity contribution in [1.82, 2.24) is 4.90 Å². The highest BCUT2D eigenvalue weighted by molar-refractivity contribution is 5.78. The number of rotatable bonds is 2. The molecule has 0 radical (unpaired) electrons. The molecule has 0 bridgehead atoms. The van der Waals surface area contributed by atoms with Gasteiger partial charge in [0.15, 0.2) is 0 Å². The number of amides is 1. The quantitative estimate of drug-likeness (QED) is 0.764. The van der Waals surface area contributed by atoms with Crippen molar-refractivity contribution in [2.45, 2.75) is 13.0 Å². The van der Waals surface area contributed by atoms with Crippen LogP contribution in [0.2, 0.25) is 0 Å². The fourth-order valence-electron chi connectivity index (χ4n) is 1.80. The molecule has 1 aliphatic rings. The van der Waals surface area contributed by atoms with E-state index in [1.807, 2.05) is 6.92 Å². The van der Waals surface area contributed by atoms with E-state index in [1.165, 1.54) is 12.1 Å². The van der Waals surface area contributed by atoms with Gasteiger partial charge in [-0.15, -0.1) is 0 Å². The lowest BCUT2D eigenvalue weighted by atomic mass is 10.1. The number of likely N-dealkylation sites (N-methyl/N-ethyl adjacent to an activating group) is 1. The molecule has 4 heteroatoms. The van der Waals surface area contributed by atoms with E-state index in [9.17, 15) is 9.18 Å². The van der Waals surface area contributed by atoms with Gasteiger partial charge in [-0.3, -0.25) is 4.79 Å². The lowest BCUT2D eigenvalue weighted by Gasteiger charge is -2.32. The second-order valence-electron chi connectivity index (χ2n) is 3.78. The van der Waals surface area contributed by atoms with Gasteiger partial charge >= 0.3 is 0 Å². The molecule has 0 saturated carbocycles. The molecular formula is C12H14FNO2. The Labute approximate surface area is 93.8 Å². The van der Waals surface area contributed by atoms with Crippen LogP contribution in [0.4, 0.5) is 4.39 Å². The van der Waals surface area contributed by atoms with Crippen molar-refractivity contribution in [3.63, 3.8) is 0 Å². The van der Waals surface area contributed by atoms with Gasteiger partial charge < -0.3 is 9.64 Å². The number of carbonyl (C=O) groups excluding carboxylic acids is 1. The van der Waals surface area contributed by atoms with E-state index in [0.29, 0.717) is 13.1 Å². The Morgan fingerprint density at radius 2 is 2.12 bits per heavy atom. The fraction of sp³-hybridized carbons (Fsp3) is 0.417. The Kier molecular flexibility index (Phi) is 3.19. The molecular weight excluding hydrogens is 209 g/mol. The van der Waals surface area contributed by atoms with Crippen molar-refractivity contribution >= 4 is 5.91 Å². The highest BCUT2D eigenvalue weighted by atomic mass is 19.1. The third-order valence-corrected chi connectivity index (χ3v) is 2.77. The zero-order valence-corrected chi connectivity index (χ0v) is 9.15. The Morgan fingerprint density at radius 3 is 2.75 bits per heavy atom. The maximum absolute atomic E-state index is 12.8. The Morgan fingerprint density at radius 1 is 1.44 bits per heavy atom. The molecule has 0 N–H and O–H groups in total. The zero-order chi connectivity index (χ0) is 11.5. The van der Waals surface area contributed by atoms with Crippen LogP contribution in [0.25, 0.3) is 0 Å². The molecule has 3 nitrogen and oxygen atoms in total. The summed E-state index contributed by atoms with van der Waals surface area (Å²) < 4.78 is 18.2. The predicted octanol–water partition coefficient (Wildman–Crippen LogP) is 1.75. The number of halogens is 1. The van der Waals surface area contributed by atoms with E-state index < -0.39 is 0 Å². The van der Waals surface area contributed by atoms with Crippen LogP contribution in [0.15, 0.2) is 24.3 Å². The SMILES string of the molecule is CCN1C[C@H](c2ccc(F)cc2)OCC1=O. The summed E-state index contributed by atoms with van der Waals surface area (Å²) in [6.07, 6.45) is -0.141. The summed E-state index contributed by atoms with van der Waals surface area (Å²) in [4.78, 5) is 13.1. The Hall–Kier alpha value is -1.42. The summed E-state index contributed by atoms with van der Waals surface area (Å²) in [5.74, 6) is -0.246. The molecule has 1 amide bonds. The van der Waals surface area contributed by atoms with Gasteiger partial charge in [0.1, 0.15) is 18.5 Å². The summed E-state index contributed by atoms with van der Waals surface area (Å²) in [7, 11) is 0. The van der Waals surface area contributed by atoms with Crippen molar-refractivity contribution in [2.75, 3.05) is 19.7 Å². The van der Waals surface area contributed by atoms with Crippen LogP contribution < -0.4 is 0 Å². The Balaban J connectivity index is 2.11. The normalized spacial score (nSPS) is 21.2.